The second-order valence-electron chi connectivity index (χ2n) is 4.46. The van der Waals surface area contributed by atoms with E-state index >= 15 is 0 Å². The van der Waals surface area contributed by atoms with Crippen LogP contribution >= 0.6 is 0 Å². The minimum Gasteiger partial charge on any atom is -0.584 e. The molecule has 0 aliphatic heterocycles. The zero-order valence-electron chi connectivity index (χ0n) is 12.6. The second kappa shape index (κ2) is 10.3. The van der Waals surface area contributed by atoms with Crippen molar-refractivity contribution in [1.29, 1.82) is 0 Å². The third-order valence-electron chi connectivity index (χ3n) is 3.04. The topological polar surface area (TPSA) is 62.1 Å². The van der Waals surface area contributed by atoms with Crippen LogP contribution in [0.3, 0.4) is 0 Å². The van der Waals surface area contributed by atoms with Crippen molar-refractivity contribution in [3.05, 3.63) is 84.2 Å². The van der Waals surface area contributed by atoms with Gasteiger partial charge in [-0.2, -0.15) is 18.2 Å². The average molecular weight is 443 g/mol. The molecule has 2 N–H and O–H groups in total. The van der Waals surface area contributed by atoms with Crippen molar-refractivity contribution in [2.45, 2.75) is 0 Å². The van der Waals surface area contributed by atoms with Gasteiger partial charge in [-0.1, -0.05) is 30.3 Å². The van der Waals surface area contributed by atoms with Crippen LogP contribution in [0, 0.1) is 46.5 Å². The van der Waals surface area contributed by atoms with E-state index in [1.165, 1.54) is 0 Å². The Kier molecular flexibility index (Phi) is 8.75. The molecule has 0 heterocycles. The third kappa shape index (κ3) is 5.89. The van der Waals surface area contributed by atoms with Gasteiger partial charge in [-0.15, -0.1) is 12.1 Å². The maximum absolute atomic E-state index is 11.2. The zero-order valence-corrected chi connectivity index (χ0v) is 15.2. The molecule has 0 bridgehead atoms. The van der Waals surface area contributed by atoms with Crippen LogP contribution in [0.1, 0.15) is 10.4 Å². The van der Waals surface area contributed by atoms with Gasteiger partial charge in [0.1, 0.15) is 0 Å². The second-order valence-corrected chi connectivity index (χ2v) is 4.46. The van der Waals surface area contributed by atoms with E-state index in [0.29, 0.717) is 5.56 Å². The number of fused-ring (bicyclic) bond motifs is 1. The van der Waals surface area contributed by atoms with E-state index in [0.717, 1.165) is 16.5 Å². The molecule has 0 unspecified atom stereocenters. The van der Waals surface area contributed by atoms with Crippen molar-refractivity contribution in [2.75, 3.05) is 7.11 Å². The summed E-state index contributed by atoms with van der Waals surface area (Å²) in [5.41, 5.74) is 2.37. The van der Waals surface area contributed by atoms with E-state index in [-0.39, 0.29) is 46.3 Å². The molecular weight excluding hydrogens is 427 g/mol. The fourth-order valence-electron chi connectivity index (χ4n) is 1.91. The maximum Gasteiger partial charge on any atom is 0.234 e. The first kappa shape index (κ1) is 19.5. The van der Waals surface area contributed by atoms with Gasteiger partial charge in [-0.25, -0.2) is 0 Å². The van der Waals surface area contributed by atoms with Gasteiger partial charge in [0.05, 0.1) is 7.11 Å². The summed E-state index contributed by atoms with van der Waals surface area (Å²) in [4.78, 5) is 11.2. The number of amides is 1. The van der Waals surface area contributed by atoms with Gasteiger partial charge in [0.15, 0.2) is 0 Å². The molecule has 0 atom stereocenters. The van der Waals surface area contributed by atoms with Crippen molar-refractivity contribution in [3.8, 4) is 5.75 Å². The molecule has 1 amide bonds. The predicted octanol–water partition coefficient (Wildman–Crippen LogP) is 4.03. The Morgan fingerprint density at radius 2 is 1.83 bits per heavy atom. The molecule has 0 aromatic heterocycles. The summed E-state index contributed by atoms with van der Waals surface area (Å²) in [5, 5.41) is 2.10. The molecule has 0 aliphatic rings. The van der Waals surface area contributed by atoms with Crippen LogP contribution < -0.4 is 10.2 Å². The molecule has 0 radical (unpaired) electrons. The van der Waals surface area contributed by atoms with Crippen molar-refractivity contribution in [3.63, 3.8) is 0 Å². The van der Waals surface area contributed by atoms with E-state index in [2.05, 4.69) is 6.07 Å². The first-order chi connectivity index (χ1) is 10.7. The number of rotatable bonds is 2. The molecule has 3 aromatic carbocycles. The van der Waals surface area contributed by atoms with Gasteiger partial charge in [-0.3, -0.25) is 4.79 Å². The van der Waals surface area contributed by atoms with Gasteiger partial charge in [0, 0.05) is 51.7 Å². The van der Waals surface area contributed by atoms with Crippen molar-refractivity contribution in [1.82, 2.24) is 5.43 Å². The van der Waals surface area contributed by atoms with E-state index in [1.54, 1.807) is 25.3 Å². The number of hydrogen-bond donors (Lipinski definition) is 1. The summed E-state index contributed by atoms with van der Waals surface area (Å²) in [5.74, 6) is 7.23. The van der Waals surface area contributed by atoms with E-state index in [1.807, 2.05) is 54.0 Å². The summed E-state index contributed by atoms with van der Waals surface area (Å²) in [6.07, 6.45) is 0. The number of carbonyl (C=O) groups excluding carboxylic acids is 1. The fraction of sp³-hybridized carbons (Fsp3) is 0.0556. The van der Waals surface area contributed by atoms with Gasteiger partial charge >= 0.3 is 0 Å². The molecule has 4 nitrogen and oxygen atoms in total. The number of ether oxygens (including phenoxy) is 1. The van der Waals surface area contributed by atoms with Gasteiger partial charge in [0.2, 0.25) is 5.91 Å². The summed E-state index contributed by atoms with van der Waals surface area (Å²) in [7, 11) is 1.64. The number of benzene rings is 3. The first-order valence-corrected chi connectivity index (χ1v) is 6.70. The first-order valence-electron chi connectivity index (χ1n) is 6.70. The molecule has 118 valence electrons. The molecule has 0 aliphatic carbocycles. The Labute approximate surface area is 168 Å². The molecular formula is C18H16N2O2Sm-2. The van der Waals surface area contributed by atoms with Crippen LogP contribution in [0.2, 0.25) is 0 Å². The van der Waals surface area contributed by atoms with Crippen LogP contribution in [0.4, 0.5) is 0 Å². The number of methoxy groups -OCH3 is 1. The molecule has 0 spiro atoms. The minimum atomic E-state index is -0.379. The summed E-state index contributed by atoms with van der Waals surface area (Å²) in [6, 6.07) is 23.5. The smallest absolute Gasteiger partial charge is 0.234 e. The van der Waals surface area contributed by atoms with Crippen LogP contribution in [-0.2, 0) is 0 Å². The standard InChI is InChI=1S/C11H9N2O.C7H7O.Sm/c12-13-11(14)10-6-5-8-3-1-2-4-9(8)7-10;1-8-7-5-3-2-4-6-7;/h1-7,12H,(H,13,14);2-3,5-6H,1H3;/q2*-1;. The van der Waals surface area contributed by atoms with E-state index in [9.17, 15) is 4.79 Å². The quantitative estimate of drug-likeness (QED) is 0.481. The minimum absolute atomic E-state index is 0. The molecule has 5 heteroatoms. The normalized spacial score (nSPS) is 9.13. The molecule has 0 saturated heterocycles. The molecule has 0 saturated carbocycles. The van der Waals surface area contributed by atoms with Gasteiger partial charge in [-0.05, 0) is 22.9 Å². The Bertz CT molecular complexity index is 748. The van der Waals surface area contributed by atoms with Crippen LogP contribution in [-0.4, -0.2) is 13.0 Å². The third-order valence-corrected chi connectivity index (χ3v) is 3.04. The number of nitrogens with one attached hydrogen (secondary N) is 2. The fourth-order valence-corrected chi connectivity index (χ4v) is 1.91. The van der Waals surface area contributed by atoms with Crippen LogP contribution in [0.5, 0.6) is 5.75 Å². The summed E-state index contributed by atoms with van der Waals surface area (Å²) < 4.78 is 4.88. The Hall–Kier alpha value is -1.51. The van der Waals surface area contributed by atoms with E-state index < -0.39 is 0 Å². The van der Waals surface area contributed by atoms with Crippen molar-refractivity contribution in [2.24, 2.45) is 0 Å². The molecule has 3 rings (SSSR count). The van der Waals surface area contributed by atoms with E-state index in [4.69, 9.17) is 10.6 Å². The molecule has 23 heavy (non-hydrogen) atoms. The van der Waals surface area contributed by atoms with Crippen LogP contribution in [0.15, 0.2) is 66.7 Å². The summed E-state index contributed by atoms with van der Waals surface area (Å²) in [6.45, 7) is 0. The monoisotopic (exact) mass is 444 g/mol. The van der Waals surface area contributed by atoms with Gasteiger partial charge < -0.3 is 16.0 Å². The largest absolute Gasteiger partial charge is 0.584 e. The SMILES string of the molecule is COc1c[c-]ccc1.[NH-]NC(=O)c1ccc2ccccc2c1.[Sm]. The van der Waals surface area contributed by atoms with Crippen LogP contribution in [0.25, 0.3) is 16.6 Å². The molecule has 3 aromatic rings. The Morgan fingerprint density at radius 1 is 1.09 bits per heavy atom. The Morgan fingerprint density at radius 3 is 2.39 bits per heavy atom. The number of hydrogen-bond acceptors (Lipinski definition) is 2. The van der Waals surface area contributed by atoms with Crippen molar-refractivity contribution >= 4 is 16.7 Å². The van der Waals surface area contributed by atoms with Crippen molar-refractivity contribution < 1.29 is 49.9 Å². The number of carbonyl (C=O) groups is 1. The zero-order chi connectivity index (χ0) is 15.8. The average Bonchev–Trinajstić information content (AvgIpc) is 2.61. The predicted molar refractivity (Wildman–Crippen MR) is 87.6 cm³/mol. The van der Waals surface area contributed by atoms with Gasteiger partial charge in [0.25, 0.3) is 0 Å². The Balaban J connectivity index is 0.000000253. The molecule has 0 fully saturated rings. The summed E-state index contributed by atoms with van der Waals surface area (Å²) >= 11 is 0. The maximum atomic E-state index is 11.2.